The predicted molar refractivity (Wildman–Crippen MR) is 165 cm³/mol. The van der Waals surface area contributed by atoms with Crippen LogP contribution in [0.4, 0.5) is 5.69 Å². The van der Waals surface area contributed by atoms with Crippen LogP contribution in [0.5, 0.6) is 0 Å². The maximum atomic E-state index is 13.7. The lowest BCUT2D eigenvalue weighted by Crippen LogP contribution is -2.39. The van der Waals surface area contributed by atoms with Crippen molar-refractivity contribution in [3.05, 3.63) is 125 Å². The maximum Gasteiger partial charge on any atom is 0.256 e. The molecule has 0 spiro atoms. The molecule has 3 aliphatic rings. The Labute approximate surface area is 242 Å². The van der Waals surface area contributed by atoms with E-state index >= 15 is 0 Å². The van der Waals surface area contributed by atoms with Crippen molar-refractivity contribution in [2.75, 3.05) is 26.0 Å². The molecule has 0 radical (unpaired) electrons. The number of carbonyl (C=O) groups is 2. The predicted octanol–water partition coefficient (Wildman–Crippen LogP) is 6.15. The first-order valence-electron chi connectivity index (χ1n) is 14.3. The highest BCUT2D eigenvalue weighted by atomic mass is 16.1. The Morgan fingerprint density at radius 3 is 2.49 bits per heavy atom. The summed E-state index contributed by atoms with van der Waals surface area (Å²) >= 11 is 0. The number of Topliss-reactive ketones (excluding diaryl/α,β-unsaturated/α-hetero) is 1. The normalized spacial score (nSPS) is 19.7. The van der Waals surface area contributed by atoms with Gasteiger partial charge in [0.05, 0.1) is 0 Å². The Hall–Kier alpha value is -4.42. The second-order valence-electron chi connectivity index (χ2n) is 11.3. The number of carbonyl (C=O) groups excluding carboxylic acids is 2. The van der Waals surface area contributed by atoms with Crippen LogP contribution in [-0.4, -0.2) is 54.2 Å². The van der Waals surface area contributed by atoms with Crippen molar-refractivity contribution in [2.45, 2.75) is 38.3 Å². The van der Waals surface area contributed by atoms with Gasteiger partial charge in [0.15, 0.2) is 5.78 Å². The Balaban J connectivity index is 1.19. The lowest BCUT2D eigenvalue weighted by atomic mass is 9.94. The lowest BCUT2D eigenvalue weighted by Gasteiger charge is -2.35. The highest BCUT2D eigenvalue weighted by Crippen LogP contribution is 2.35. The summed E-state index contributed by atoms with van der Waals surface area (Å²) < 4.78 is 0. The molecular formula is C35H36N4O2. The number of allylic oxidation sites excluding steroid dienone is 2. The molecule has 2 aliphatic heterocycles. The zero-order chi connectivity index (χ0) is 28.5. The van der Waals surface area contributed by atoms with Gasteiger partial charge in [-0.25, -0.2) is 0 Å². The summed E-state index contributed by atoms with van der Waals surface area (Å²) in [5, 5.41) is 6.60. The van der Waals surface area contributed by atoms with Gasteiger partial charge < -0.3 is 20.4 Å². The highest BCUT2D eigenvalue weighted by molar-refractivity contribution is 6.09. The first kappa shape index (κ1) is 26.8. The van der Waals surface area contributed by atoms with Gasteiger partial charge in [-0.15, -0.1) is 0 Å². The number of rotatable bonds is 6. The number of nitrogens with zero attached hydrogens (tertiary/aromatic N) is 2. The monoisotopic (exact) mass is 544 g/mol. The van der Waals surface area contributed by atoms with E-state index in [4.69, 9.17) is 0 Å². The Kier molecular flexibility index (Phi) is 7.33. The largest absolute Gasteiger partial charge is 0.374 e. The zero-order valence-electron chi connectivity index (χ0n) is 23.9. The van der Waals surface area contributed by atoms with Gasteiger partial charge in [-0.3, -0.25) is 9.59 Å². The molecule has 2 unspecified atom stereocenters. The minimum Gasteiger partial charge on any atom is -0.374 e. The Morgan fingerprint density at radius 2 is 1.73 bits per heavy atom. The fraction of sp³-hybridized carbons (Fsp3) is 0.257. The molecule has 0 bridgehead atoms. The smallest absolute Gasteiger partial charge is 0.256 e. The van der Waals surface area contributed by atoms with E-state index < -0.39 is 6.04 Å². The van der Waals surface area contributed by atoms with Crippen molar-refractivity contribution in [3.63, 3.8) is 0 Å². The molecule has 0 aromatic heterocycles. The van der Waals surface area contributed by atoms with Crippen LogP contribution in [0.25, 0.3) is 11.1 Å². The molecule has 2 heterocycles. The molecule has 208 valence electrons. The van der Waals surface area contributed by atoms with E-state index in [-0.39, 0.29) is 11.7 Å². The third kappa shape index (κ3) is 5.48. The van der Waals surface area contributed by atoms with Crippen molar-refractivity contribution >= 4 is 17.4 Å². The fourth-order valence-corrected chi connectivity index (χ4v) is 5.96. The average molecular weight is 545 g/mol. The molecule has 41 heavy (non-hydrogen) atoms. The first-order chi connectivity index (χ1) is 19.9. The number of hydrogen-bond acceptors (Lipinski definition) is 5. The summed E-state index contributed by atoms with van der Waals surface area (Å²) in [6.45, 7) is 2.89. The lowest BCUT2D eigenvalue weighted by molar-refractivity contribution is 0.0965. The van der Waals surface area contributed by atoms with E-state index in [1.54, 1.807) is 24.3 Å². The van der Waals surface area contributed by atoms with E-state index in [0.29, 0.717) is 22.9 Å². The van der Waals surface area contributed by atoms with Crippen LogP contribution in [0.3, 0.4) is 0 Å². The summed E-state index contributed by atoms with van der Waals surface area (Å²) in [6.07, 6.45) is 9.29. The molecule has 2 atom stereocenters. The SMILES string of the molecule is Cc1ccc(-c2ccccc2C(=O)Nc2ccc(C(=O)C3C=C4C=CCN4C4=C(CCC(N(C)C)C4)N3)cc2)cc1. The standard InChI is InChI=1S/C35H36N4O2/c1-23-10-12-24(13-11-23)29-8-4-5-9-30(29)35(41)36-26-16-14-25(15-17-26)34(40)32-21-28-7-6-20-39(28)33-22-27(38(2)3)18-19-31(33)37-32/h4-17,21,27,32,37H,18-20,22H2,1-3H3,(H,36,41). The fourth-order valence-electron chi connectivity index (χ4n) is 5.96. The van der Waals surface area contributed by atoms with Gasteiger partial charge in [0.2, 0.25) is 0 Å². The molecule has 3 aromatic carbocycles. The summed E-state index contributed by atoms with van der Waals surface area (Å²) in [5.74, 6) is -0.167. The second kappa shape index (κ2) is 11.2. The van der Waals surface area contributed by atoms with Gasteiger partial charge in [0.25, 0.3) is 5.91 Å². The minimum atomic E-state index is -0.444. The van der Waals surface area contributed by atoms with Crippen LogP contribution in [-0.2, 0) is 0 Å². The summed E-state index contributed by atoms with van der Waals surface area (Å²) in [5.41, 5.74) is 8.46. The highest BCUT2D eigenvalue weighted by Gasteiger charge is 2.33. The van der Waals surface area contributed by atoms with Crippen LogP contribution in [0.15, 0.2) is 108 Å². The molecule has 0 saturated carbocycles. The third-order valence-electron chi connectivity index (χ3n) is 8.36. The van der Waals surface area contributed by atoms with Gasteiger partial charge in [-0.2, -0.15) is 0 Å². The molecule has 1 aliphatic carbocycles. The quantitative estimate of drug-likeness (QED) is 0.365. The topological polar surface area (TPSA) is 64.7 Å². The molecule has 0 saturated heterocycles. The van der Waals surface area contributed by atoms with Crippen molar-refractivity contribution in [2.24, 2.45) is 0 Å². The zero-order valence-corrected chi connectivity index (χ0v) is 23.9. The first-order valence-corrected chi connectivity index (χ1v) is 14.3. The Bertz CT molecular complexity index is 1560. The van der Waals surface area contributed by atoms with Gasteiger partial charge in [0.1, 0.15) is 6.04 Å². The third-order valence-corrected chi connectivity index (χ3v) is 8.36. The summed E-state index contributed by atoms with van der Waals surface area (Å²) in [6, 6.07) is 23.0. The minimum absolute atomic E-state index is 0.0174. The van der Waals surface area contributed by atoms with Gasteiger partial charge in [-0.05, 0) is 87.5 Å². The second-order valence-corrected chi connectivity index (χ2v) is 11.3. The van der Waals surface area contributed by atoms with E-state index in [1.165, 1.54) is 17.0 Å². The van der Waals surface area contributed by atoms with Gasteiger partial charge in [-0.1, -0.05) is 54.1 Å². The molecular weight excluding hydrogens is 508 g/mol. The van der Waals surface area contributed by atoms with E-state index in [9.17, 15) is 9.59 Å². The summed E-state index contributed by atoms with van der Waals surface area (Å²) in [4.78, 5) is 31.6. The molecule has 0 fully saturated rings. The van der Waals surface area contributed by atoms with E-state index in [1.807, 2.05) is 61.5 Å². The van der Waals surface area contributed by atoms with E-state index in [2.05, 4.69) is 46.7 Å². The number of amides is 1. The molecule has 1 amide bonds. The molecule has 6 rings (SSSR count). The number of anilines is 1. The van der Waals surface area contributed by atoms with Crippen LogP contribution in [0.1, 0.15) is 45.5 Å². The van der Waals surface area contributed by atoms with Gasteiger partial charge in [0, 0.05) is 52.9 Å². The van der Waals surface area contributed by atoms with Crippen molar-refractivity contribution < 1.29 is 9.59 Å². The van der Waals surface area contributed by atoms with Crippen molar-refractivity contribution in [1.82, 2.24) is 15.1 Å². The Morgan fingerprint density at radius 1 is 0.976 bits per heavy atom. The molecule has 6 nitrogen and oxygen atoms in total. The van der Waals surface area contributed by atoms with Crippen LogP contribution in [0, 0.1) is 6.92 Å². The molecule has 6 heteroatoms. The van der Waals surface area contributed by atoms with Crippen LogP contribution >= 0.6 is 0 Å². The summed E-state index contributed by atoms with van der Waals surface area (Å²) in [7, 11) is 4.28. The number of ketones is 1. The van der Waals surface area contributed by atoms with Crippen LogP contribution in [0.2, 0.25) is 0 Å². The number of benzene rings is 3. The molecule has 3 aromatic rings. The van der Waals surface area contributed by atoms with E-state index in [0.717, 1.165) is 42.6 Å². The number of hydrogen-bond donors (Lipinski definition) is 2. The maximum absolute atomic E-state index is 13.7. The van der Waals surface area contributed by atoms with Crippen molar-refractivity contribution in [3.8, 4) is 11.1 Å². The number of nitrogens with one attached hydrogen (secondary N) is 2. The average Bonchev–Trinajstić information content (AvgIpc) is 3.39. The number of fused-ring (bicyclic) bond motifs is 2. The molecule has 2 N–H and O–H groups in total. The number of aryl methyl sites for hydroxylation is 1. The van der Waals surface area contributed by atoms with Crippen molar-refractivity contribution in [1.29, 1.82) is 0 Å². The van der Waals surface area contributed by atoms with Gasteiger partial charge >= 0.3 is 0 Å². The van der Waals surface area contributed by atoms with Crippen LogP contribution < -0.4 is 10.6 Å².